The maximum atomic E-state index is 14.0. The first-order valence-electron chi connectivity index (χ1n) is 14.2. The summed E-state index contributed by atoms with van der Waals surface area (Å²) >= 11 is 19.2. The molecule has 46 heavy (non-hydrogen) atoms. The van der Waals surface area contributed by atoms with Crippen molar-refractivity contribution in [3.05, 3.63) is 86.5 Å². The van der Waals surface area contributed by atoms with Crippen molar-refractivity contribution in [2.75, 3.05) is 51.3 Å². The number of anilines is 1. The third kappa shape index (κ3) is 8.44. The van der Waals surface area contributed by atoms with E-state index in [-0.39, 0.29) is 28.9 Å². The van der Waals surface area contributed by atoms with Gasteiger partial charge in [-0.3, -0.25) is 19.4 Å². The summed E-state index contributed by atoms with van der Waals surface area (Å²) in [7, 11) is 0. The standard InChI is InChI=1S/C32H28Cl2FN3O6S2/c33-21-2-4-23(25(34)17-21)19-1-6-27(44-14-11-37-9-12-43-13-10-37)20(15-19)16-28-30(40)38(32(45)46-28)8-7-29(39)36-22-3-5-24(31(41)42)26(35)18-22/h1-6,15-18H,7-14H2,(H,36,39)(H,41,42)/b28-16-. The molecule has 5 rings (SSSR count). The van der Waals surface area contributed by atoms with E-state index in [1.54, 1.807) is 18.2 Å². The summed E-state index contributed by atoms with van der Waals surface area (Å²) in [6, 6.07) is 14.1. The van der Waals surface area contributed by atoms with E-state index in [0.717, 1.165) is 48.1 Å². The molecule has 0 radical (unpaired) electrons. The van der Waals surface area contributed by atoms with Crippen molar-refractivity contribution >= 4 is 81.0 Å². The predicted octanol–water partition coefficient (Wildman–Crippen LogP) is 6.44. The number of morpholine rings is 1. The molecule has 0 aliphatic carbocycles. The lowest BCUT2D eigenvalue weighted by Crippen LogP contribution is -2.38. The highest BCUT2D eigenvalue weighted by atomic mass is 35.5. The van der Waals surface area contributed by atoms with Crippen molar-refractivity contribution < 1.29 is 33.4 Å². The summed E-state index contributed by atoms with van der Waals surface area (Å²) in [4.78, 5) is 41.0. The van der Waals surface area contributed by atoms with E-state index in [1.165, 1.54) is 11.0 Å². The van der Waals surface area contributed by atoms with Crippen molar-refractivity contribution in [2.45, 2.75) is 6.42 Å². The largest absolute Gasteiger partial charge is 0.492 e. The molecule has 2 amide bonds. The van der Waals surface area contributed by atoms with Crippen LogP contribution in [0.4, 0.5) is 10.1 Å². The van der Waals surface area contributed by atoms with Crippen molar-refractivity contribution in [2.24, 2.45) is 0 Å². The number of nitrogens with zero attached hydrogens (tertiary/aromatic N) is 2. The smallest absolute Gasteiger partial charge is 0.338 e. The van der Waals surface area contributed by atoms with Crippen molar-refractivity contribution in [1.82, 2.24) is 9.80 Å². The maximum absolute atomic E-state index is 14.0. The first-order valence-corrected chi connectivity index (χ1v) is 16.2. The molecule has 2 heterocycles. The maximum Gasteiger partial charge on any atom is 0.338 e. The highest BCUT2D eigenvalue weighted by Crippen LogP contribution is 2.37. The van der Waals surface area contributed by atoms with Gasteiger partial charge in [-0.15, -0.1) is 0 Å². The molecule has 0 aromatic heterocycles. The SMILES string of the molecule is O=C(CCN1C(=O)/C(=C/c2cc(-c3ccc(Cl)cc3Cl)ccc2OCCN2CCOCC2)SC1=S)Nc1ccc(C(=O)O)c(F)c1. The van der Waals surface area contributed by atoms with Gasteiger partial charge in [0, 0.05) is 59.5 Å². The molecule has 0 atom stereocenters. The molecule has 3 aromatic carbocycles. The summed E-state index contributed by atoms with van der Waals surface area (Å²) < 4.78 is 25.9. The number of carbonyl (C=O) groups excluding carboxylic acids is 2. The van der Waals surface area contributed by atoms with Crippen LogP contribution in [0.15, 0.2) is 59.5 Å². The van der Waals surface area contributed by atoms with E-state index in [1.807, 2.05) is 24.3 Å². The summed E-state index contributed by atoms with van der Waals surface area (Å²) in [6.45, 7) is 4.17. The van der Waals surface area contributed by atoms with Gasteiger partial charge in [0.05, 0.1) is 23.7 Å². The highest BCUT2D eigenvalue weighted by Gasteiger charge is 2.32. The minimum absolute atomic E-state index is 0.00708. The highest BCUT2D eigenvalue weighted by molar-refractivity contribution is 8.26. The van der Waals surface area contributed by atoms with Gasteiger partial charge in [-0.05, 0) is 54.1 Å². The molecule has 2 fully saturated rings. The number of carbonyl (C=O) groups is 3. The van der Waals surface area contributed by atoms with Crippen molar-refractivity contribution in [1.29, 1.82) is 0 Å². The van der Waals surface area contributed by atoms with Crippen LogP contribution in [0.25, 0.3) is 17.2 Å². The molecule has 0 saturated carbocycles. The second-order valence-electron chi connectivity index (χ2n) is 10.3. The molecule has 2 N–H and O–H groups in total. The summed E-state index contributed by atoms with van der Waals surface area (Å²) in [5.41, 5.74) is 1.80. The number of thioether (sulfide) groups is 1. The van der Waals surface area contributed by atoms with Gasteiger partial charge in [0.2, 0.25) is 5.91 Å². The Kier molecular flexibility index (Phi) is 11.3. The number of aromatic carboxylic acids is 1. The predicted molar refractivity (Wildman–Crippen MR) is 181 cm³/mol. The van der Waals surface area contributed by atoms with Gasteiger partial charge in [0.1, 0.15) is 22.5 Å². The van der Waals surface area contributed by atoms with Gasteiger partial charge < -0.3 is 19.9 Å². The van der Waals surface area contributed by atoms with Gasteiger partial charge in [-0.25, -0.2) is 9.18 Å². The van der Waals surface area contributed by atoms with E-state index in [4.69, 9.17) is 50.0 Å². The second-order valence-corrected chi connectivity index (χ2v) is 12.8. The molecule has 14 heteroatoms. The molecule has 2 aliphatic heterocycles. The number of ether oxygens (including phenoxy) is 2. The lowest BCUT2D eigenvalue weighted by atomic mass is 10.0. The zero-order chi connectivity index (χ0) is 32.8. The van der Waals surface area contributed by atoms with Crippen LogP contribution in [0.3, 0.4) is 0 Å². The number of amides is 2. The normalized spacial score (nSPS) is 16.2. The van der Waals surface area contributed by atoms with Gasteiger partial charge in [-0.1, -0.05) is 59.3 Å². The molecule has 0 bridgehead atoms. The lowest BCUT2D eigenvalue weighted by Gasteiger charge is -2.26. The third-order valence-corrected chi connectivity index (χ3v) is 9.15. The quantitative estimate of drug-likeness (QED) is 0.172. The fourth-order valence-corrected chi connectivity index (χ4v) is 6.65. The number of carboxylic acids is 1. The Balaban J connectivity index is 1.31. The van der Waals surface area contributed by atoms with Crippen LogP contribution in [-0.4, -0.2) is 83.0 Å². The molecule has 240 valence electrons. The average molecular weight is 705 g/mol. The van der Waals surface area contributed by atoms with Gasteiger partial charge >= 0.3 is 5.97 Å². The van der Waals surface area contributed by atoms with Crippen LogP contribution in [0.1, 0.15) is 22.3 Å². The van der Waals surface area contributed by atoms with E-state index >= 15 is 0 Å². The molecular weight excluding hydrogens is 676 g/mol. The number of hydrogen-bond acceptors (Lipinski definition) is 8. The Hall–Kier alpha value is -3.52. The average Bonchev–Trinajstić information content (AvgIpc) is 3.28. The number of nitrogens with one attached hydrogen (secondary N) is 1. The van der Waals surface area contributed by atoms with Gasteiger partial charge in [0.15, 0.2) is 0 Å². The fraction of sp³-hybridized carbons (Fsp3) is 0.250. The minimum atomic E-state index is -1.41. The zero-order valence-corrected chi connectivity index (χ0v) is 27.4. The van der Waals surface area contributed by atoms with Crippen LogP contribution >= 0.6 is 47.2 Å². The van der Waals surface area contributed by atoms with Crippen LogP contribution in [0.2, 0.25) is 10.0 Å². The minimum Gasteiger partial charge on any atom is -0.492 e. The number of benzene rings is 3. The van der Waals surface area contributed by atoms with Crippen molar-refractivity contribution in [3.63, 3.8) is 0 Å². The van der Waals surface area contributed by atoms with E-state index in [0.29, 0.717) is 52.6 Å². The second kappa shape index (κ2) is 15.4. The summed E-state index contributed by atoms with van der Waals surface area (Å²) in [5.74, 6) is -2.67. The Morgan fingerprint density at radius 3 is 2.59 bits per heavy atom. The van der Waals surface area contributed by atoms with E-state index in [9.17, 15) is 18.8 Å². The van der Waals surface area contributed by atoms with Gasteiger partial charge in [-0.2, -0.15) is 0 Å². The monoisotopic (exact) mass is 703 g/mol. The first-order chi connectivity index (χ1) is 22.1. The Labute approximate surface area is 284 Å². The molecule has 2 aliphatic rings. The van der Waals surface area contributed by atoms with E-state index < -0.39 is 23.3 Å². The molecule has 0 unspecified atom stereocenters. The number of carboxylic acid groups (broad SMARTS) is 1. The molecule has 3 aromatic rings. The number of halogens is 3. The molecule has 2 saturated heterocycles. The lowest BCUT2D eigenvalue weighted by molar-refractivity contribution is -0.122. The van der Waals surface area contributed by atoms with Crippen LogP contribution < -0.4 is 10.1 Å². The molecule has 9 nitrogen and oxygen atoms in total. The van der Waals surface area contributed by atoms with Crippen LogP contribution in [-0.2, 0) is 14.3 Å². The Bertz CT molecular complexity index is 1720. The van der Waals surface area contributed by atoms with Crippen molar-refractivity contribution in [3.8, 4) is 16.9 Å². The molecular formula is C32H28Cl2FN3O6S2. The van der Waals surface area contributed by atoms with Crippen LogP contribution in [0, 0.1) is 5.82 Å². The Morgan fingerprint density at radius 2 is 1.87 bits per heavy atom. The third-order valence-electron chi connectivity index (χ3n) is 7.23. The number of rotatable bonds is 11. The van der Waals surface area contributed by atoms with Gasteiger partial charge in [0.25, 0.3) is 5.91 Å². The Morgan fingerprint density at radius 1 is 1.09 bits per heavy atom. The topological polar surface area (TPSA) is 108 Å². The fourth-order valence-electron chi connectivity index (χ4n) is 4.83. The number of thiocarbonyl (C=S) groups is 1. The summed E-state index contributed by atoms with van der Waals surface area (Å²) in [6.07, 6.45) is 1.59. The van der Waals surface area contributed by atoms with E-state index in [2.05, 4.69) is 10.2 Å². The molecule has 0 spiro atoms. The summed E-state index contributed by atoms with van der Waals surface area (Å²) in [5, 5.41) is 12.5. The number of hydrogen-bond donors (Lipinski definition) is 2. The zero-order valence-electron chi connectivity index (χ0n) is 24.3. The van der Waals surface area contributed by atoms with Crippen LogP contribution in [0.5, 0.6) is 5.75 Å². The first kappa shape index (κ1) is 33.8.